The molecule has 0 saturated heterocycles. The Balaban J connectivity index is 1.94. The molecule has 6 heteroatoms. The molecular formula is C26H27ClN2O3. The van der Waals surface area contributed by atoms with Gasteiger partial charge in [-0.15, -0.1) is 0 Å². The van der Waals surface area contributed by atoms with Crippen LogP contribution in [0.2, 0.25) is 5.15 Å². The number of aryl methyl sites for hydroxylation is 1. The van der Waals surface area contributed by atoms with Crippen molar-refractivity contribution in [1.82, 2.24) is 9.88 Å². The number of halogens is 1. The standard InChI is InChI=1S/C26H27ClN2O3/c1-4-32-25(31)14-21-13-22(15-28-26(21)27)24-11-10-18(2)12-23(24)17-29(19(3)30)16-20-8-6-5-7-9-20/h5-13,15H,4,14,16-17H2,1-3H3. The van der Waals surface area contributed by atoms with Gasteiger partial charge in [-0.05, 0) is 36.6 Å². The van der Waals surface area contributed by atoms with Gasteiger partial charge in [0.25, 0.3) is 0 Å². The van der Waals surface area contributed by atoms with E-state index in [-0.39, 0.29) is 23.5 Å². The van der Waals surface area contributed by atoms with Crippen LogP contribution in [-0.4, -0.2) is 28.4 Å². The Morgan fingerprint density at radius 3 is 2.47 bits per heavy atom. The molecule has 3 aromatic rings. The van der Waals surface area contributed by atoms with Crippen molar-refractivity contribution in [2.24, 2.45) is 0 Å². The third kappa shape index (κ3) is 6.17. The van der Waals surface area contributed by atoms with Crippen LogP contribution in [0.25, 0.3) is 11.1 Å². The molecule has 1 heterocycles. The molecule has 0 atom stereocenters. The molecule has 0 spiro atoms. The fraction of sp³-hybridized carbons (Fsp3) is 0.269. The zero-order valence-corrected chi connectivity index (χ0v) is 19.4. The number of amides is 1. The predicted octanol–water partition coefficient (Wildman–Crippen LogP) is 5.36. The topological polar surface area (TPSA) is 59.5 Å². The first-order valence-electron chi connectivity index (χ1n) is 10.6. The summed E-state index contributed by atoms with van der Waals surface area (Å²) in [6.45, 7) is 6.67. The highest BCUT2D eigenvalue weighted by atomic mass is 35.5. The minimum absolute atomic E-state index is 0.00135. The highest BCUT2D eigenvalue weighted by Gasteiger charge is 2.16. The fourth-order valence-corrected chi connectivity index (χ4v) is 3.73. The molecule has 166 valence electrons. The van der Waals surface area contributed by atoms with Gasteiger partial charge in [0.15, 0.2) is 0 Å². The van der Waals surface area contributed by atoms with E-state index >= 15 is 0 Å². The second-order valence-corrected chi connectivity index (χ2v) is 8.04. The summed E-state index contributed by atoms with van der Waals surface area (Å²) >= 11 is 6.24. The van der Waals surface area contributed by atoms with Crippen molar-refractivity contribution < 1.29 is 14.3 Å². The highest BCUT2D eigenvalue weighted by molar-refractivity contribution is 6.30. The second kappa shape index (κ2) is 10.9. The Labute approximate surface area is 194 Å². The van der Waals surface area contributed by atoms with Crippen LogP contribution in [0.15, 0.2) is 60.8 Å². The molecule has 3 rings (SSSR count). The Hall–Kier alpha value is -3.18. The summed E-state index contributed by atoms with van der Waals surface area (Å²) < 4.78 is 5.05. The van der Waals surface area contributed by atoms with Crippen molar-refractivity contribution in [3.8, 4) is 11.1 Å². The van der Waals surface area contributed by atoms with Crippen LogP contribution < -0.4 is 0 Å². The number of benzene rings is 2. The molecule has 0 aliphatic rings. The lowest BCUT2D eigenvalue weighted by Crippen LogP contribution is -2.28. The molecule has 1 aromatic heterocycles. The van der Waals surface area contributed by atoms with Gasteiger partial charge in [0.1, 0.15) is 5.15 Å². The lowest BCUT2D eigenvalue weighted by atomic mass is 9.97. The lowest BCUT2D eigenvalue weighted by molar-refractivity contribution is -0.142. The molecule has 0 saturated carbocycles. The highest BCUT2D eigenvalue weighted by Crippen LogP contribution is 2.29. The fourth-order valence-electron chi connectivity index (χ4n) is 3.56. The molecule has 5 nitrogen and oxygen atoms in total. The number of carbonyl (C=O) groups is 2. The maximum absolute atomic E-state index is 12.4. The maximum Gasteiger partial charge on any atom is 0.310 e. The van der Waals surface area contributed by atoms with E-state index in [1.54, 1.807) is 20.0 Å². The lowest BCUT2D eigenvalue weighted by Gasteiger charge is -2.23. The number of ether oxygens (including phenoxy) is 1. The SMILES string of the molecule is CCOC(=O)Cc1cc(-c2ccc(C)cc2CN(Cc2ccccc2)C(C)=O)cnc1Cl. The number of hydrogen-bond acceptors (Lipinski definition) is 4. The van der Waals surface area contributed by atoms with Crippen molar-refractivity contribution in [1.29, 1.82) is 0 Å². The summed E-state index contributed by atoms with van der Waals surface area (Å²) in [6.07, 6.45) is 1.75. The van der Waals surface area contributed by atoms with E-state index in [1.807, 2.05) is 60.4 Å². The van der Waals surface area contributed by atoms with Crippen LogP contribution in [-0.2, 0) is 33.8 Å². The summed E-state index contributed by atoms with van der Waals surface area (Å²) in [7, 11) is 0. The minimum atomic E-state index is -0.344. The van der Waals surface area contributed by atoms with Gasteiger partial charge in [-0.3, -0.25) is 9.59 Å². The van der Waals surface area contributed by atoms with Gasteiger partial charge >= 0.3 is 5.97 Å². The van der Waals surface area contributed by atoms with E-state index in [2.05, 4.69) is 11.1 Å². The molecule has 0 N–H and O–H groups in total. The molecular weight excluding hydrogens is 424 g/mol. The number of aromatic nitrogens is 1. The van der Waals surface area contributed by atoms with E-state index < -0.39 is 0 Å². The van der Waals surface area contributed by atoms with Gasteiger partial charge in [-0.2, -0.15) is 0 Å². The molecule has 0 bridgehead atoms. The van der Waals surface area contributed by atoms with Gasteiger partial charge < -0.3 is 9.64 Å². The van der Waals surface area contributed by atoms with Crippen LogP contribution in [0.3, 0.4) is 0 Å². The largest absolute Gasteiger partial charge is 0.466 e. The van der Waals surface area contributed by atoms with Crippen LogP contribution in [0, 0.1) is 6.92 Å². The summed E-state index contributed by atoms with van der Waals surface area (Å²) in [5, 5.41) is 0.282. The number of carbonyl (C=O) groups excluding carboxylic acids is 2. The van der Waals surface area contributed by atoms with E-state index in [0.717, 1.165) is 27.8 Å². The van der Waals surface area contributed by atoms with E-state index in [0.29, 0.717) is 25.3 Å². The van der Waals surface area contributed by atoms with Crippen molar-refractivity contribution in [3.63, 3.8) is 0 Å². The summed E-state index contributed by atoms with van der Waals surface area (Å²) in [5.74, 6) is -0.346. The zero-order valence-electron chi connectivity index (χ0n) is 18.6. The molecule has 0 fully saturated rings. The minimum Gasteiger partial charge on any atom is -0.466 e. The molecule has 0 aliphatic heterocycles. The monoisotopic (exact) mass is 450 g/mol. The van der Waals surface area contributed by atoms with Gasteiger partial charge in [-0.25, -0.2) is 4.98 Å². The Kier molecular flexibility index (Phi) is 8.01. The van der Waals surface area contributed by atoms with Gasteiger partial charge in [-0.1, -0.05) is 65.7 Å². The predicted molar refractivity (Wildman–Crippen MR) is 126 cm³/mol. The summed E-state index contributed by atoms with van der Waals surface area (Å²) in [5.41, 5.74) is 5.57. The molecule has 32 heavy (non-hydrogen) atoms. The van der Waals surface area contributed by atoms with Crippen LogP contribution >= 0.6 is 11.6 Å². The Morgan fingerprint density at radius 2 is 1.78 bits per heavy atom. The average Bonchev–Trinajstić information content (AvgIpc) is 2.76. The second-order valence-electron chi connectivity index (χ2n) is 7.68. The number of pyridine rings is 1. The van der Waals surface area contributed by atoms with Crippen molar-refractivity contribution >= 4 is 23.5 Å². The number of nitrogens with zero attached hydrogens (tertiary/aromatic N) is 2. The first kappa shape index (κ1) is 23.5. The zero-order chi connectivity index (χ0) is 23.1. The smallest absolute Gasteiger partial charge is 0.310 e. The van der Waals surface area contributed by atoms with E-state index in [9.17, 15) is 9.59 Å². The molecule has 0 radical (unpaired) electrons. The number of hydrogen-bond donors (Lipinski definition) is 0. The average molecular weight is 451 g/mol. The van der Waals surface area contributed by atoms with Crippen molar-refractivity contribution in [3.05, 3.63) is 88.2 Å². The van der Waals surface area contributed by atoms with Crippen molar-refractivity contribution in [2.75, 3.05) is 6.61 Å². The van der Waals surface area contributed by atoms with Gasteiger partial charge in [0.2, 0.25) is 5.91 Å². The first-order chi connectivity index (χ1) is 15.4. The van der Waals surface area contributed by atoms with Gasteiger partial charge in [0, 0.05) is 37.3 Å². The number of rotatable bonds is 8. The third-order valence-electron chi connectivity index (χ3n) is 5.15. The molecule has 2 aromatic carbocycles. The maximum atomic E-state index is 12.4. The van der Waals surface area contributed by atoms with Crippen LogP contribution in [0.1, 0.15) is 36.1 Å². The van der Waals surface area contributed by atoms with E-state index in [4.69, 9.17) is 16.3 Å². The molecule has 1 amide bonds. The molecule has 0 aliphatic carbocycles. The number of esters is 1. The van der Waals surface area contributed by atoms with Crippen LogP contribution in [0.5, 0.6) is 0 Å². The summed E-state index contributed by atoms with van der Waals surface area (Å²) in [6, 6.07) is 17.9. The summed E-state index contributed by atoms with van der Waals surface area (Å²) in [4.78, 5) is 30.5. The normalized spacial score (nSPS) is 10.6. The molecule has 0 unspecified atom stereocenters. The quantitative estimate of drug-likeness (QED) is 0.342. The Morgan fingerprint density at radius 1 is 1.03 bits per heavy atom. The third-order valence-corrected chi connectivity index (χ3v) is 5.49. The Bertz CT molecular complexity index is 1100. The van der Waals surface area contributed by atoms with Crippen molar-refractivity contribution in [2.45, 2.75) is 40.3 Å². The van der Waals surface area contributed by atoms with Gasteiger partial charge in [0.05, 0.1) is 13.0 Å². The first-order valence-corrected chi connectivity index (χ1v) is 10.9. The van der Waals surface area contributed by atoms with Crippen LogP contribution in [0.4, 0.5) is 0 Å². The van der Waals surface area contributed by atoms with E-state index in [1.165, 1.54) is 0 Å².